The molecule has 0 radical (unpaired) electrons. The average molecular weight is 305 g/mol. The maximum absolute atomic E-state index is 12.0. The number of hydrogen-bond acceptors (Lipinski definition) is 5. The van der Waals surface area contributed by atoms with Crippen LogP contribution in [0.15, 0.2) is 12.1 Å². The Hall–Kier alpha value is -2.11. The zero-order valence-electron chi connectivity index (χ0n) is 13.6. The molecule has 2 heterocycles. The molecule has 0 spiro atoms. The van der Waals surface area contributed by atoms with Gasteiger partial charge in [-0.1, -0.05) is 0 Å². The minimum Gasteiger partial charge on any atom is -0.444 e. The van der Waals surface area contributed by atoms with E-state index in [2.05, 4.69) is 9.88 Å². The number of aldehydes is 1. The monoisotopic (exact) mass is 305 g/mol. The summed E-state index contributed by atoms with van der Waals surface area (Å²) in [6, 6.07) is 3.63. The minimum atomic E-state index is -0.473. The second-order valence-corrected chi connectivity index (χ2v) is 6.41. The standard InChI is InChI=1S/C16H23N3O3/c1-12-14(6-5-13(11-20)17-12)18-7-9-19(10-8-18)15(21)22-16(2,3)4/h5-6,11H,7-10H2,1-4H3. The summed E-state index contributed by atoms with van der Waals surface area (Å²) in [5.41, 5.74) is 1.80. The highest BCUT2D eigenvalue weighted by Gasteiger charge is 2.26. The Labute approximate surface area is 131 Å². The van der Waals surface area contributed by atoms with Crippen LogP contribution in [0.4, 0.5) is 10.5 Å². The van der Waals surface area contributed by atoms with E-state index in [1.165, 1.54) is 0 Å². The molecule has 0 N–H and O–H groups in total. The molecule has 0 atom stereocenters. The lowest BCUT2D eigenvalue weighted by molar-refractivity contribution is 0.0240. The highest BCUT2D eigenvalue weighted by Crippen LogP contribution is 2.21. The van der Waals surface area contributed by atoms with Crippen molar-refractivity contribution in [3.8, 4) is 0 Å². The highest BCUT2D eigenvalue weighted by atomic mass is 16.6. The zero-order chi connectivity index (χ0) is 16.3. The molecule has 0 unspecified atom stereocenters. The lowest BCUT2D eigenvalue weighted by Crippen LogP contribution is -2.50. The summed E-state index contributed by atoms with van der Waals surface area (Å²) in [6.45, 7) is 10.2. The number of aromatic nitrogens is 1. The van der Waals surface area contributed by atoms with Crippen molar-refractivity contribution in [2.24, 2.45) is 0 Å². The summed E-state index contributed by atoms with van der Waals surface area (Å²) in [4.78, 5) is 30.9. The quantitative estimate of drug-likeness (QED) is 0.784. The Kier molecular flexibility index (Phi) is 4.68. The smallest absolute Gasteiger partial charge is 0.410 e. The van der Waals surface area contributed by atoms with E-state index in [0.29, 0.717) is 18.8 Å². The van der Waals surface area contributed by atoms with Crippen molar-refractivity contribution in [3.63, 3.8) is 0 Å². The number of nitrogens with zero attached hydrogens (tertiary/aromatic N) is 3. The largest absolute Gasteiger partial charge is 0.444 e. The predicted octanol–water partition coefficient (Wildman–Crippen LogP) is 2.26. The summed E-state index contributed by atoms with van der Waals surface area (Å²) in [6.07, 6.45) is 0.482. The molecule has 6 nitrogen and oxygen atoms in total. The van der Waals surface area contributed by atoms with Gasteiger partial charge in [-0.05, 0) is 39.8 Å². The van der Waals surface area contributed by atoms with Gasteiger partial charge in [0, 0.05) is 26.2 Å². The normalized spacial score (nSPS) is 15.6. The van der Waals surface area contributed by atoms with Crippen LogP contribution in [0.1, 0.15) is 37.0 Å². The van der Waals surface area contributed by atoms with Gasteiger partial charge in [-0.2, -0.15) is 0 Å². The first-order valence-electron chi connectivity index (χ1n) is 7.46. The molecule has 2 rings (SSSR count). The van der Waals surface area contributed by atoms with E-state index >= 15 is 0 Å². The van der Waals surface area contributed by atoms with E-state index in [-0.39, 0.29) is 6.09 Å². The van der Waals surface area contributed by atoms with Gasteiger partial charge in [0.2, 0.25) is 0 Å². The second kappa shape index (κ2) is 6.34. The lowest BCUT2D eigenvalue weighted by Gasteiger charge is -2.37. The molecule has 0 aromatic carbocycles. The first-order chi connectivity index (χ1) is 10.3. The van der Waals surface area contributed by atoms with E-state index in [1.54, 1.807) is 11.0 Å². The summed E-state index contributed by atoms with van der Waals surface area (Å²) >= 11 is 0. The number of carbonyl (C=O) groups excluding carboxylic acids is 2. The first-order valence-corrected chi connectivity index (χ1v) is 7.46. The fourth-order valence-corrected chi connectivity index (χ4v) is 2.43. The molecule has 1 aromatic rings. The Morgan fingerprint density at radius 2 is 1.86 bits per heavy atom. The van der Waals surface area contributed by atoms with Gasteiger partial charge in [-0.15, -0.1) is 0 Å². The van der Waals surface area contributed by atoms with Gasteiger partial charge in [-0.3, -0.25) is 4.79 Å². The summed E-state index contributed by atoms with van der Waals surface area (Å²) in [5, 5.41) is 0. The van der Waals surface area contributed by atoms with Crippen LogP contribution in [-0.2, 0) is 4.74 Å². The SMILES string of the molecule is Cc1nc(C=O)ccc1N1CCN(C(=O)OC(C)(C)C)CC1. The molecule has 1 aliphatic heterocycles. The van der Waals surface area contributed by atoms with Gasteiger partial charge in [0.15, 0.2) is 6.29 Å². The Morgan fingerprint density at radius 3 is 2.36 bits per heavy atom. The fraction of sp³-hybridized carbons (Fsp3) is 0.562. The number of pyridine rings is 1. The molecule has 22 heavy (non-hydrogen) atoms. The topological polar surface area (TPSA) is 62.7 Å². The van der Waals surface area contributed by atoms with Gasteiger partial charge >= 0.3 is 6.09 Å². The molecule has 0 aliphatic carbocycles. The lowest BCUT2D eigenvalue weighted by atomic mass is 10.2. The molecule has 0 saturated carbocycles. The van der Waals surface area contributed by atoms with E-state index in [4.69, 9.17) is 4.74 Å². The van der Waals surface area contributed by atoms with Crippen LogP contribution in [0.25, 0.3) is 0 Å². The third-order valence-corrected chi connectivity index (χ3v) is 3.47. The molecule has 1 amide bonds. The average Bonchev–Trinajstić information content (AvgIpc) is 2.45. The summed E-state index contributed by atoms with van der Waals surface area (Å²) in [7, 11) is 0. The number of ether oxygens (including phenoxy) is 1. The zero-order valence-corrected chi connectivity index (χ0v) is 13.6. The number of anilines is 1. The van der Waals surface area contributed by atoms with E-state index in [9.17, 15) is 9.59 Å². The van der Waals surface area contributed by atoms with E-state index < -0.39 is 5.60 Å². The number of hydrogen-bond donors (Lipinski definition) is 0. The van der Waals surface area contributed by atoms with Crippen molar-refractivity contribution in [2.75, 3.05) is 31.1 Å². The van der Waals surface area contributed by atoms with Gasteiger partial charge in [0.05, 0.1) is 11.4 Å². The maximum Gasteiger partial charge on any atom is 0.410 e. The fourth-order valence-electron chi connectivity index (χ4n) is 2.43. The van der Waals surface area contributed by atoms with Crippen LogP contribution in [-0.4, -0.2) is 54.0 Å². The molecule has 1 aromatic heterocycles. The van der Waals surface area contributed by atoms with Crippen LogP contribution in [0.3, 0.4) is 0 Å². The van der Waals surface area contributed by atoms with Crippen molar-refractivity contribution in [3.05, 3.63) is 23.5 Å². The number of carbonyl (C=O) groups is 2. The third-order valence-electron chi connectivity index (χ3n) is 3.47. The number of rotatable bonds is 2. The van der Waals surface area contributed by atoms with E-state index in [0.717, 1.165) is 30.8 Å². The minimum absolute atomic E-state index is 0.265. The molecule has 1 aliphatic rings. The number of piperazine rings is 1. The van der Waals surface area contributed by atoms with E-state index in [1.807, 2.05) is 33.8 Å². The van der Waals surface area contributed by atoms with Crippen molar-refractivity contribution < 1.29 is 14.3 Å². The Morgan fingerprint density at radius 1 is 1.23 bits per heavy atom. The van der Waals surface area contributed by atoms with Crippen LogP contribution in [0.2, 0.25) is 0 Å². The predicted molar refractivity (Wildman–Crippen MR) is 84.4 cm³/mol. The molecular formula is C16H23N3O3. The highest BCUT2D eigenvalue weighted by molar-refractivity contribution is 5.73. The summed E-state index contributed by atoms with van der Waals surface area (Å²) in [5.74, 6) is 0. The maximum atomic E-state index is 12.0. The molecular weight excluding hydrogens is 282 g/mol. The van der Waals surface area contributed by atoms with Crippen LogP contribution >= 0.6 is 0 Å². The van der Waals surface area contributed by atoms with Crippen LogP contribution in [0.5, 0.6) is 0 Å². The molecule has 6 heteroatoms. The van der Waals surface area contributed by atoms with Crippen molar-refractivity contribution in [2.45, 2.75) is 33.3 Å². The van der Waals surface area contributed by atoms with Gasteiger partial charge in [0.25, 0.3) is 0 Å². The molecule has 120 valence electrons. The first kappa shape index (κ1) is 16.3. The van der Waals surface area contributed by atoms with Crippen LogP contribution in [0, 0.1) is 6.92 Å². The molecule has 0 bridgehead atoms. The number of amides is 1. The summed E-state index contributed by atoms with van der Waals surface area (Å²) < 4.78 is 5.39. The van der Waals surface area contributed by atoms with Crippen molar-refractivity contribution >= 4 is 18.1 Å². The molecule has 1 saturated heterocycles. The van der Waals surface area contributed by atoms with Gasteiger partial charge in [0.1, 0.15) is 11.3 Å². The number of aryl methyl sites for hydroxylation is 1. The van der Waals surface area contributed by atoms with Crippen molar-refractivity contribution in [1.82, 2.24) is 9.88 Å². The second-order valence-electron chi connectivity index (χ2n) is 6.41. The Balaban J connectivity index is 1.97. The van der Waals surface area contributed by atoms with Gasteiger partial charge < -0.3 is 14.5 Å². The van der Waals surface area contributed by atoms with Crippen molar-refractivity contribution in [1.29, 1.82) is 0 Å². The molecule has 1 fully saturated rings. The third kappa shape index (κ3) is 3.96. The Bertz CT molecular complexity index is 558. The van der Waals surface area contributed by atoms with Crippen LogP contribution < -0.4 is 4.90 Å². The van der Waals surface area contributed by atoms with Gasteiger partial charge in [-0.25, -0.2) is 9.78 Å².